The third-order valence-electron chi connectivity index (χ3n) is 3.09. The van der Waals surface area contributed by atoms with Crippen LogP contribution in [0, 0.1) is 10.1 Å². The molecule has 0 spiro atoms. The molecule has 6 heteroatoms. The first kappa shape index (κ1) is 14.3. The molecular weight excluding hydrogens is 274 g/mol. The van der Waals surface area contributed by atoms with Gasteiger partial charge in [-0.25, -0.2) is 0 Å². The quantitative estimate of drug-likeness (QED) is 0.626. The van der Waals surface area contributed by atoms with Crippen LogP contribution in [0.1, 0.15) is 17.4 Å². The minimum absolute atomic E-state index is 0.0845. The van der Waals surface area contributed by atoms with Gasteiger partial charge in [0.2, 0.25) is 0 Å². The van der Waals surface area contributed by atoms with E-state index in [1.165, 1.54) is 16.5 Å². The summed E-state index contributed by atoms with van der Waals surface area (Å²) in [5.74, 6) is 0. The van der Waals surface area contributed by atoms with E-state index in [0.29, 0.717) is 6.54 Å². The van der Waals surface area contributed by atoms with E-state index >= 15 is 0 Å². The average Bonchev–Trinajstić information content (AvgIpc) is 2.92. The van der Waals surface area contributed by atoms with Gasteiger partial charge in [-0.05, 0) is 29.5 Å². The number of nitro groups is 1. The van der Waals surface area contributed by atoms with Gasteiger partial charge >= 0.3 is 0 Å². The first-order valence-corrected chi connectivity index (χ1v) is 7.28. The Labute approximate surface area is 121 Å². The van der Waals surface area contributed by atoms with Crippen LogP contribution in [-0.2, 0) is 13.0 Å². The normalized spacial score (nSPS) is 10.3. The van der Waals surface area contributed by atoms with Crippen LogP contribution in [-0.4, -0.2) is 12.0 Å². The summed E-state index contributed by atoms with van der Waals surface area (Å²) in [5.41, 5.74) is 2.88. The summed E-state index contributed by atoms with van der Waals surface area (Å²) in [6.45, 7) is 2.81. The van der Waals surface area contributed by atoms with Crippen LogP contribution in [0.15, 0.2) is 29.6 Å². The lowest BCUT2D eigenvalue weighted by molar-refractivity contribution is -0.384. The molecule has 106 valence electrons. The fourth-order valence-corrected chi connectivity index (χ4v) is 2.90. The zero-order valence-corrected chi connectivity index (χ0v) is 12.3. The van der Waals surface area contributed by atoms with Crippen molar-refractivity contribution in [3.05, 3.63) is 50.2 Å². The number of hydrogen-bond donors (Lipinski definition) is 2. The number of rotatable bonds is 6. The smallest absolute Gasteiger partial charge is 0.273 e. The van der Waals surface area contributed by atoms with Crippen LogP contribution in [0.3, 0.4) is 0 Å². The number of non-ortho nitro benzene ring substituents is 1. The van der Waals surface area contributed by atoms with E-state index in [1.54, 1.807) is 24.5 Å². The molecule has 5 nitrogen and oxygen atoms in total. The SMILES string of the molecule is CCc1ccsc1CNc1cc(NC)cc([N+](=O)[O-])c1. The minimum atomic E-state index is -0.380. The minimum Gasteiger partial charge on any atom is -0.388 e. The molecule has 0 fully saturated rings. The Morgan fingerprint density at radius 2 is 2.05 bits per heavy atom. The molecule has 0 amide bonds. The molecule has 2 aromatic rings. The number of nitro benzene ring substituents is 1. The van der Waals surface area contributed by atoms with Gasteiger partial charge in [0.1, 0.15) is 0 Å². The van der Waals surface area contributed by atoms with E-state index in [0.717, 1.165) is 17.8 Å². The fraction of sp³-hybridized carbons (Fsp3) is 0.286. The van der Waals surface area contributed by atoms with Crippen LogP contribution in [0.2, 0.25) is 0 Å². The van der Waals surface area contributed by atoms with Crippen LogP contribution in [0.5, 0.6) is 0 Å². The van der Waals surface area contributed by atoms with Crippen LogP contribution < -0.4 is 10.6 Å². The number of anilines is 2. The maximum atomic E-state index is 10.9. The lowest BCUT2D eigenvalue weighted by Gasteiger charge is -2.09. The molecule has 0 saturated heterocycles. The van der Waals surface area contributed by atoms with Crippen molar-refractivity contribution in [2.45, 2.75) is 19.9 Å². The number of thiophene rings is 1. The molecule has 2 N–H and O–H groups in total. The van der Waals surface area contributed by atoms with Crippen molar-refractivity contribution in [3.63, 3.8) is 0 Å². The molecule has 0 aliphatic rings. The Kier molecular flexibility index (Phi) is 4.57. The predicted molar refractivity (Wildman–Crippen MR) is 83.7 cm³/mol. The Balaban J connectivity index is 2.16. The Morgan fingerprint density at radius 1 is 1.30 bits per heavy atom. The zero-order valence-electron chi connectivity index (χ0n) is 11.5. The first-order valence-electron chi connectivity index (χ1n) is 6.40. The van der Waals surface area contributed by atoms with Gasteiger partial charge in [-0.1, -0.05) is 6.92 Å². The third kappa shape index (κ3) is 3.27. The van der Waals surface area contributed by atoms with E-state index in [4.69, 9.17) is 0 Å². The molecule has 2 rings (SSSR count). The van der Waals surface area contributed by atoms with Crippen LogP contribution >= 0.6 is 11.3 Å². The summed E-state index contributed by atoms with van der Waals surface area (Å²) in [6, 6.07) is 7.06. The summed E-state index contributed by atoms with van der Waals surface area (Å²) in [6.07, 6.45) is 0.997. The predicted octanol–water partition coefficient (Wildman–Crippen LogP) is 3.87. The van der Waals surface area contributed by atoms with Crippen molar-refractivity contribution in [2.75, 3.05) is 17.7 Å². The molecule has 20 heavy (non-hydrogen) atoms. The fourth-order valence-electron chi connectivity index (χ4n) is 1.98. The Bertz CT molecular complexity index is 610. The first-order chi connectivity index (χ1) is 9.63. The van der Waals surface area contributed by atoms with E-state index in [-0.39, 0.29) is 10.6 Å². The lowest BCUT2D eigenvalue weighted by Crippen LogP contribution is -2.01. The summed E-state index contributed by atoms with van der Waals surface area (Å²) < 4.78 is 0. The Morgan fingerprint density at radius 3 is 2.70 bits per heavy atom. The lowest BCUT2D eigenvalue weighted by atomic mass is 10.2. The van der Waals surface area contributed by atoms with Crippen molar-refractivity contribution in [2.24, 2.45) is 0 Å². The van der Waals surface area contributed by atoms with Crippen molar-refractivity contribution >= 4 is 28.4 Å². The molecule has 1 heterocycles. The number of nitrogens with zero attached hydrogens (tertiary/aromatic N) is 1. The molecule has 1 aromatic carbocycles. The number of aryl methyl sites for hydroxylation is 1. The maximum absolute atomic E-state index is 10.9. The highest BCUT2D eigenvalue weighted by molar-refractivity contribution is 7.10. The van der Waals surface area contributed by atoms with Gasteiger partial charge in [-0.2, -0.15) is 0 Å². The second-order valence-electron chi connectivity index (χ2n) is 4.35. The van der Waals surface area contributed by atoms with Crippen molar-refractivity contribution in [3.8, 4) is 0 Å². The molecular formula is C14H17N3O2S. The largest absolute Gasteiger partial charge is 0.388 e. The van der Waals surface area contributed by atoms with Gasteiger partial charge in [-0.3, -0.25) is 10.1 Å². The van der Waals surface area contributed by atoms with Gasteiger partial charge in [0.15, 0.2) is 0 Å². The number of hydrogen-bond acceptors (Lipinski definition) is 5. The van der Waals surface area contributed by atoms with Gasteiger partial charge in [-0.15, -0.1) is 11.3 Å². The second kappa shape index (κ2) is 6.38. The summed E-state index contributed by atoms with van der Waals surface area (Å²) in [5, 5.41) is 19.2. The number of nitrogens with one attached hydrogen (secondary N) is 2. The highest BCUT2D eigenvalue weighted by atomic mass is 32.1. The molecule has 0 radical (unpaired) electrons. The molecule has 1 aromatic heterocycles. The van der Waals surface area contributed by atoms with Crippen molar-refractivity contribution in [1.29, 1.82) is 0 Å². The molecule has 0 aliphatic carbocycles. The zero-order chi connectivity index (χ0) is 14.5. The maximum Gasteiger partial charge on any atom is 0.273 e. The molecule has 0 atom stereocenters. The van der Waals surface area contributed by atoms with Crippen molar-refractivity contribution in [1.82, 2.24) is 0 Å². The summed E-state index contributed by atoms with van der Waals surface area (Å²) in [4.78, 5) is 11.8. The van der Waals surface area contributed by atoms with Gasteiger partial charge in [0.05, 0.1) is 4.92 Å². The van der Waals surface area contributed by atoms with E-state index in [1.807, 2.05) is 6.07 Å². The summed E-state index contributed by atoms with van der Waals surface area (Å²) in [7, 11) is 1.75. The highest BCUT2D eigenvalue weighted by Gasteiger charge is 2.10. The van der Waals surface area contributed by atoms with Crippen LogP contribution in [0.25, 0.3) is 0 Å². The van der Waals surface area contributed by atoms with E-state index < -0.39 is 0 Å². The van der Waals surface area contributed by atoms with E-state index in [2.05, 4.69) is 29.0 Å². The third-order valence-corrected chi connectivity index (χ3v) is 4.05. The standard InChI is InChI=1S/C14H17N3O2S/c1-3-10-4-5-20-14(10)9-16-12-6-11(15-2)7-13(8-12)17(18)19/h4-8,15-16H,3,9H2,1-2H3. The van der Waals surface area contributed by atoms with Gasteiger partial charge in [0, 0.05) is 42.0 Å². The topological polar surface area (TPSA) is 67.2 Å². The summed E-state index contributed by atoms with van der Waals surface area (Å²) >= 11 is 1.70. The van der Waals surface area contributed by atoms with E-state index in [9.17, 15) is 10.1 Å². The van der Waals surface area contributed by atoms with Gasteiger partial charge in [0.25, 0.3) is 5.69 Å². The molecule has 0 bridgehead atoms. The van der Waals surface area contributed by atoms with Crippen molar-refractivity contribution < 1.29 is 4.92 Å². The molecule has 0 unspecified atom stereocenters. The Hall–Kier alpha value is -2.08. The molecule has 0 aliphatic heterocycles. The molecule has 0 saturated carbocycles. The monoisotopic (exact) mass is 291 g/mol. The average molecular weight is 291 g/mol. The second-order valence-corrected chi connectivity index (χ2v) is 5.35. The highest BCUT2D eigenvalue weighted by Crippen LogP contribution is 2.25. The van der Waals surface area contributed by atoms with Crippen LogP contribution in [0.4, 0.5) is 17.1 Å². The number of benzene rings is 1. The van der Waals surface area contributed by atoms with Gasteiger partial charge < -0.3 is 10.6 Å².